The number of allylic oxidation sites excluding steroid dienone is 1. The summed E-state index contributed by atoms with van der Waals surface area (Å²) in [4.78, 5) is 28.3. The van der Waals surface area contributed by atoms with Gasteiger partial charge in [-0.05, 0) is 18.1 Å². The second-order valence-electron chi connectivity index (χ2n) is 7.71. The summed E-state index contributed by atoms with van der Waals surface area (Å²) in [7, 11) is 1.36. The van der Waals surface area contributed by atoms with E-state index in [1.54, 1.807) is 24.3 Å². The Morgan fingerprint density at radius 3 is 2.37 bits per heavy atom. The summed E-state index contributed by atoms with van der Waals surface area (Å²) in [5.41, 5.74) is -4.68. The molecule has 0 aromatic heterocycles. The van der Waals surface area contributed by atoms with Crippen LogP contribution in [0.15, 0.2) is 66.7 Å². The molecule has 0 saturated heterocycles. The molecule has 2 aromatic carbocycles. The Balaban J connectivity index is 2.12. The predicted octanol–water partition coefficient (Wildman–Crippen LogP) is 4.43. The smallest absolute Gasteiger partial charge is 0.314 e. The molecule has 0 unspecified atom stereocenters. The average molecular weight is 410 g/mol. The van der Waals surface area contributed by atoms with Gasteiger partial charge in [0.2, 0.25) is 5.91 Å². The minimum atomic E-state index is -4.87. The lowest BCUT2D eigenvalue weighted by Gasteiger charge is -2.40. The zero-order valence-electron chi connectivity index (χ0n) is 16.0. The Hall–Kier alpha value is -3.40. The molecule has 2 aliphatic rings. The fourth-order valence-electron chi connectivity index (χ4n) is 5.17. The molecule has 1 heterocycles. The van der Waals surface area contributed by atoms with Gasteiger partial charge < -0.3 is 4.90 Å². The first-order valence-corrected chi connectivity index (χ1v) is 9.26. The van der Waals surface area contributed by atoms with E-state index in [4.69, 9.17) is 0 Å². The SMILES string of the molecule is C=C1C[C@](C#N)(C(=O)c2ccccc2)[C@@]2(C(=O)N(C)c3ccccc32)[C@H]1C(F)(F)F. The summed E-state index contributed by atoms with van der Waals surface area (Å²) >= 11 is 0. The van der Waals surface area contributed by atoms with Crippen LogP contribution in [-0.2, 0) is 10.2 Å². The van der Waals surface area contributed by atoms with Crippen molar-refractivity contribution in [1.82, 2.24) is 0 Å². The van der Waals surface area contributed by atoms with Gasteiger partial charge in [0.1, 0.15) is 10.8 Å². The summed E-state index contributed by atoms with van der Waals surface area (Å²) in [6, 6.07) is 15.6. The van der Waals surface area contributed by atoms with Crippen LogP contribution in [0.3, 0.4) is 0 Å². The molecular weight excluding hydrogens is 393 g/mol. The molecule has 4 nitrogen and oxygen atoms in total. The first-order chi connectivity index (χ1) is 14.1. The van der Waals surface area contributed by atoms with Crippen molar-refractivity contribution < 1.29 is 22.8 Å². The van der Waals surface area contributed by atoms with Gasteiger partial charge >= 0.3 is 6.18 Å². The lowest BCUT2D eigenvalue weighted by Crippen LogP contribution is -2.58. The number of carbonyl (C=O) groups is 2. The van der Waals surface area contributed by atoms with E-state index >= 15 is 0 Å². The fraction of sp³-hybridized carbons (Fsp3) is 0.261. The normalized spacial score (nSPS) is 28.0. The lowest BCUT2D eigenvalue weighted by atomic mass is 9.57. The van der Waals surface area contributed by atoms with Gasteiger partial charge in [-0.2, -0.15) is 18.4 Å². The number of nitrogens with zero attached hydrogens (tertiary/aromatic N) is 2. The van der Waals surface area contributed by atoms with Crippen molar-refractivity contribution in [2.45, 2.75) is 18.0 Å². The number of ketones is 1. The minimum absolute atomic E-state index is 0.0318. The third kappa shape index (κ3) is 2.22. The van der Waals surface area contributed by atoms with E-state index in [0.29, 0.717) is 0 Å². The average Bonchev–Trinajstić information content (AvgIpc) is 3.13. The van der Waals surface area contributed by atoms with Crippen LogP contribution < -0.4 is 4.90 Å². The van der Waals surface area contributed by atoms with Crippen molar-refractivity contribution in [3.63, 3.8) is 0 Å². The predicted molar refractivity (Wildman–Crippen MR) is 104 cm³/mol. The number of fused-ring (bicyclic) bond motifs is 2. The third-order valence-electron chi connectivity index (χ3n) is 6.28. The third-order valence-corrected chi connectivity index (χ3v) is 6.28. The number of benzene rings is 2. The molecule has 2 aromatic rings. The molecule has 0 N–H and O–H groups in total. The molecule has 0 radical (unpaired) electrons. The molecule has 0 bridgehead atoms. The Kier molecular flexibility index (Phi) is 4.18. The van der Waals surface area contributed by atoms with Gasteiger partial charge in [0, 0.05) is 18.3 Å². The van der Waals surface area contributed by atoms with Crippen LogP contribution in [-0.4, -0.2) is 24.9 Å². The minimum Gasteiger partial charge on any atom is -0.314 e. The number of nitriles is 1. The number of halogens is 3. The Morgan fingerprint density at radius 2 is 1.77 bits per heavy atom. The van der Waals surface area contributed by atoms with Gasteiger partial charge in [0.15, 0.2) is 5.78 Å². The summed E-state index contributed by atoms with van der Waals surface area (Å²) in [5.74, 6) is -4.08. The van der Waals surface area contributed by atoms with E-state index < -0.39 is 41.0 Å². The molecule has 1 amide bonds. The summed E-state index contributed by atoms with van der Waals surface area (Å²) < 4.78 is 43.2. The zero-order valence-corrected chi connectivity index (χ0v) is 16.0. The molecule has 1 spiro atoms. The number of carbonyl (C=O) groups excluding carboxylic acids is 2. The van der Waals surface area contributed by atoms with E-state index in [9.17, 15) is 28.0 Å². The van der Waals surface area contributed by atoms with Crippen molar-refractivity contribution in [2.75, 3.05) is 11.9 Å². The maximum absolute atomic E-state index is 14.4. The largest absolute Gasteiger partial charge is 0.396 e. The van der Waals surface area contributed by atoms with Crippen LogP contribution in [0.5, 0.6) is 0 Å². The number of likely N-dealkylation sites (N-methyl/N-ethyl adjacent to an activating group) is 1. The van der Waals surface area contributed by atoms with Crippen LogP contribution in [0.2, 0.25) is 0 Å². The molecule has 1 saturated carbocycles. The standard InChI is InChI=1S/C23H17F3N2O2/c1-14-12-21(13-27,19(29)15-8-4-3-5-9-15)22(18(14)23(24,25)26)16-10-6-7-11-17(16)28(2)20(22)30/h3-11,18H,1,12H2,2H3/t18-,21-,22+/m0/s1. The molecule has 1 aliphatic carbocycles. The van der Waals surface area contributed by atoms with Crippen molar-refractivity contribution in [1.29, 1.82) is 5.26 Å². The Bertz CT molecular complexity index is 1120. The highest BCUT2D eigenvalue weighted by Crippen LogP contribution is 2.68. The summed E-state index contributed by atoms with van der Waals surface area (Å²) in [5, 5.41) is 10.3. The van der Waals surface area contributed by atoms with Gasteiger partial charge in [-0.25, -0.2) is 0 Å². The van der Waals surface area contributed by atoms with E-state index in [2.05, 4.69) is 6.58 Å². The molecule has 152 valence electrons. The molecule has 3 atom stereocenters. The Morgan fingerprint density at radius 1 is 1.17 bits per heavy atom. The first-order valence-electron chi connectivity index (χ1n) is 9.26. The molecule has 1 fully saturated rings. The lowest BCUT2D eigenvalue weighted by molar-refractivity contribution is -0.184. The van der Waals surface area contributed by atoms with Crippen LogP contribution >= 0.6 is 0 Å². The van der Waals surface area contributed by atoms with Crippen molar-refractivity contribution in [3.8, 4) is 6.07 Å². The number of Topliss-reactive ketones (excluding diaryl/α,β-unsaturated/α-hetero) is 1. The number of hydrogen-bond acceptors (Lipinski definition) is 3. The molecular formula is C23H17F3N2O2. The monoisotopic (exact) mass is 410 g/mol. The number of amides is 1. The van der Waals surface area contributed by atoms with Crippen LogP contribution in [0.4, 0.5) is 18.9 Å². The van der Waals surface area contributed by atoms with Gasteiger partial charge in [-0.3, -0.25) is 9.59 Å². The molecule has 7 heteroatoms. The summed E-state index contributed by atoms with van der Waals surface area (Å²) in [6.07, 6.45) is -5.42. The molecule has 1 aliphatic heterocycles. The van der Waals surface area contributed by atoms with E-state index in [-0.39, 0.29) is 22.4 Å². The highest BCUT2D eigenvalue weighted by molar-refractivity contribution is 6.16. The van der Waals surface area contributed by atoms with Gasteiger partial charge in [0.05, 0.1) is 12.0 Å². The second kappa shape index (κ2) is 6.30. The fourth-order valence-corrected chi connectivity index (χ4v) is 5.17. The Labute approximate surface area is 171 Å². The molecule has 30 heavy (non-hydrogen) atoms. The van der Waals surface area contributed by atoms with Crippen molar-refractivity contribution in [2.24, 2.45) is 11.3 Å². The number of anilines is 1. The zero-order chi connectivity index (χ0) is 21.9. The van der Waals surface area contributed by atoms with Crippen LogP contribution in [0.25, 0.3) is 0 Å². The van der Waals surface area contributed by atoms with Crippen LogP contribution in [0.1, 0.15) is 22.3 Å². The highest BCUT2D eigenvalue weighted by atomic mass is 19.4. The summed E-state index contributed by atoms with van der Waals surface area (Å²) in [6.45, 7) is 3.58. The number of rotatable bonds is 2. The van der Waals surface area contributed by atoms with Gasteiger partial charge in [-0.15, -0.1) is 0 Å². The van der Waals surface area contributed by atoms with E-state index in [0.717, 1.165) is 4.90 Å². The molecule has 4 rings (SSSR count). The number of alkyl halides is 3. The van der Waals surface area contributed by atoms with Gasteiger partial charge in [-0.1, -0.05) is 60.7 Å². The highest BCUT2D eigenvalue weighted by Gasteiger charge is 2.78. The van der Waals surface area contributed by atoms with Crippen molar-refractivity contribution >= 4 is 17.4 Å². The topological polar surface area (TPSA) is 61.2 Å². The number of para-hydroxylation sites is 1. The van der Waals surface area contributed by atoms with Crippen LogP contribution in [0, 0.1) is 22.7 Å². The van der Waals surface area contributed by atoms with Crippen molar-refractivity contribution in [3.05, 3.63) is 77.9 Å². The maximum atomic E-state index is 14.4. The first kappa shape index (κ1) is 19.9. The number of hydrogen-bond donors (Lipinski definition) is 0. The second-order valence-corrected chi connectivity index (χ2v) is 7.71. The van der Waals surface area contributed by atoms with Gasteiger partial charge in [0.25, 0.3) is 0 Å². The quantitative estimate of drug-likeness (QED) is 0.544. The van der Waals surface area contributed by atoms with E-state index in [1.807, 2.05) is 6.07 Å². The van der Waals surface area contributed by atoms with E-state index in [1.165, 1.54) is 37.4 Å². The maximum Gasteiger partial charge on any atom is 0.396 e.